The Hall–Kier alpha value is -1.04. The molecule has 0 aliphatic rings. The lowest BCUT2D eigenvalue weighted by Crippen LogP contribution is -2.17. The third kappa shape index (κ3) is 1.89. The molecule has 1 N–H and O–H groups in total. The average molecular weight is 266 g/mol. The molecule has 76 valence electrons. The van der Waals surface area contributed by atoms with E-state index in [1.54, 1.807) is 0 Å². The van der Waals surface area contributed by atoms with Gasteiger partial charge in [0.15, 0.2) is 11.7 Å². The van der Waals surface area contributed by atoms with Crippen molar-refractivity contribution < 1.29 is 13.6 Å². The summed E-state index contributed by atoms with van der Waals surface area (Å²) >= 11 is 2.96. The largest absolute Gasteiger partial charge is 0.358 e. The van der Waals surface area contributed by atoms with Crippen LogP contribution in [0.2, 0.25) is 0 Å². The normalized spacial score (nSPS) is 10.6. The van der Waals surface area contributed by atoms with Gasteiger partial charge in [0.05, 0.1) is 11.3 Å². The number of carbonyl (C=O) groups excluding carboxylic acids is 1. The fourth-order valence-electron chi connectivity index (χ4n) is 1.00. The minimum atomic E-state index is -2.84. The predicted molar refractivity (Wildman–Crippen MR) is 50.0 cm³/mol. The Morgan fingerprint density at radius 1 is 1.57 bits per heavy atom. The van der Waals surface area contributed by atoms with Crippen LogP contribution in [0, 0.1) is 0 Å². The van der Waals surface area contributed by atoms with Gasteiger partial charge in [-0.2, -0.15) is 0 Å². The van der Waals surface area contributed by atoms with E-state index in [9.17, 15) is 18.4 Å². The smallest absolute Gasteiger partial charge is 0.269 e. The number of hydrogen-bond donors (Lipinski definition) is 1. The molecule has 6 heteroatoms. The van der Waals surface area contributed by atoms with Crippen molar-refractivity contribution >= 4 is 22.2 Å². The Labute approximate surface area is 86.3 Å². The first-order valence-corrected chi connectivity index (χ1v) is 4.77. The Morgan fingerprint density at radius 3 is 2.64 bits per heavy atom. The highest BCUT2D eigenvalue weighted by atomic mass is 79.9. The summed E-state index contributed by atoms with van der Waals surface area (Å²) in [6.07, 6.45) is -1.55. The standard InChI is InChI=1S/C8H6BrF2NO2/c9-1-4-6(3-13)12-2-5(7(4)14)8(10)11/h2-3,8H,1H2,(H,12,14). The summed E-state index contributed by atoms with van der Waals surface area (Å²) in [4.78, 5) is 24.1. The SMILES string of the molecule is O=Cc1[nH]cc(C(F)F)c(=O)c1CBr. The quantitative estimate of drug-likeness (QED) is 0.672. The van der Waals surface area contributed by atoms with Gasteiger partial charge in [0.1, 0.15) is 0 Å². The maximum Gasteiger partial charge on any atom is 0.269 e. The molecule has 0 bridgehead atoms. The van der Waals surface area contributed by atoms with Gasteiger partial charge in [-0.05, 0) is 0 Å². The lowest BCUT2D eigenvalue weighted by atomic mass is 10.1. The zero-order valence-electron chi connectivity index (χ0n) is 6.89. The highest BCUT2D eigenvalue weighted by molar-refractivity contribution is 9.08. The van der Waals surface area contributed by atoms with Crippen molar-refractivity contribution in [1.82, 2.24) is 4.98 Å². The van der Waals surface area contributed by atoms with E-state index in [0.717, 1.165) is 6.20 Å². The van der Waals surface area contributed by atoms with Crippen LogP contribution in [0.5, 0.6) is 0 Å². The van der Waals surface area contributed by atoms with Crippen molar-refractivity contribution in [3.05, 3.63) is 33.2 Å². The Balaban J connectivity index is 3.43. The van der Waals surface area contributed by atoms with Gasteiger partial charge < -0.3 is 4.98 Å². The number of aldehydes is 1. The summed E-state index contributed by atoms with van der Waals surface area (Å²) in [6, 6.07) is 0. The molecule has 0 saturated heterocycles. The molecule has 1 aromatic rings. The van der Waals surface area contributed by atoms with Crippen molar-refractivity contribution in [2.75, 3.05) is 0 Å². The molecule has 1 rings (SSSR count). The van der Waals surface area contributed by atoms with E-state index < -0.39 is 17.4 Å². The molecule has 0 aliphatic carbocycles. The van der Waals surface area contributed by atoms with Crippen molar-refractivity contribution in [2.24, 2.45) is 0 Å². The fraction of sp³-hybridized carbons (Fsp3) is 0.250. The highest BCUT2D eigenvalue weighted by Gasteiger charge is 2.16. The molecule has 3 nitrogen and oxygen atoms in total. The number of H-pyrrole nitrogens is 1. The molecule has 14 heavy (non-hydrogen) atoms. The lowest BCUT2D eigenvalue weighted by molar-refractivity contribution is 0.111. The van der Waals surface area contributed by atoms with E-state index in [1.165, 1.54) is 0 Å². The van der Waals surface area contributed by atoms with Crippen LogP contribution in [0.25, 0.3) is 0 Å². The van der Waals surface area contributed by atoms with Crippen LogP contribution < -0.4 is 5.43 Å². The van der Waals surface area contributed by atoms with Gasteiger partial charge in [-0.3, -0.25) is 9.59 Å². The van der Waals surface area contributed by atoms with Gasteiger partial charge in [0.25, 0.3) is 6.43 Å². The van der Waals surface area contributed by atoms with Crippen molar-refractivity contribution in [1.29, 1.82) is 0 Å². The minimum Gasteiger partial charge on any atom is -0.358 e. The number of halogens is 3. The number of carbonyl (C=O) groups is 1. The van der Waals surface area contributed by atoms with E-state index in [1.807, 2.05) is 0 Å². The molecular weight excluding hydrogens is 260 g/mol. The third-order valence-electron chi connectivity index (χ3n) is 1.73. The number of rotatable bonds is 3. The van der Waals surface area contributed by atoms with Gasteiger partial charge in [0, 0.05) is 17.1 Å². The van der Waals surface area contributed by atoms with Gasteiger partial charge in [-0.15, -0.1) is 0 Å². The Kier molecular flexibility index (Phi) is 3.51. The fourth-order valence-corrected chi connectivity index (χ4v) is 1.56. The summed E-state index contributed by atoms with van der Waals surface area (Å²) in [5, 5.41) is 0.0664. The molecule has 0 fully saturated rings. The van der Waals surface area contributed by atoms with Gasteiger partial charge in [0.2, 0.25) is 0 Å². The summed E-state index contributed by atoms with van der Waals surface area (Å²) < 4.78 is 24.5. The lowest BCUT2D eigenvalue weighted by Gasteiger charge is -2.03. The number of nitrogens with one attached hydrogen (secondary N) is 1. The zero-order valence-corrected chi connectivity index (χ0v) is 8.48. The first-order valence-electron chi connectivity index (χ1n) is 3.65. The van der Waals surface area contributed by atoms with E-state index in [0.29, 0.717) is 6.29 Å². The monoisotopic (exact) mass is 265 g/mol. The van der Waals surface area contributed by atoms with Crippen LogP contribution in [-0.4, -0.2) is 11.3 Å². The number of aromatic nitrogens is 1. The number of hydrogen-bond acceptors (Lipinski definition) is 2. The molecule has 0 aliphatic heterocycles. The molecule has 0 aromatic carbocycles. The maximum absolute atomic E-state index is 12.3. The zero-order chi connectivity index (χ0) is 10.7. The molecule has 0 unspecified atom stereocenters. The summed E-state index contributed by atoms with van der Waals surface area (Å²) in [6.45, 7) is 0. The number of alkyl halides is 3. The van der Waals surface area contributed by atoms with Gasteiger partial charge >= 0.3 is 0 Å². The Morgan fingerprint density at radius 2 is 2.21 bits per heavy atom. The van der Waals surface area contributed by atoms with E-state index in [4.69, 9.17) is 0 Å². The van der Waals surface area contributed by atoms with E-state index in [2.05, 4.69) is 20.9 Å². The summed E-state index contributed by atoms with van der Waals surface area (Å²) in [5.74, 6) is 0. The van der Waals surface area contributed by atoms with Crippen LogP contribution in [0.3, 0.4) is 0 Å². The minimum absolute atomic E-state index is 0.0243. The first kappa shape index (κ1) is 11.0. The van der Waals surface area contributed by atoms with Crippen LogP contribution in [0.15, 0.2) is 11.0 Å². The second-order valence-electron chi connectivity index (χ2n) is 2.52. The summed E-state index contributed by atoms with van der Waals surface area (Å²) in [7, 11) is 0. The second-order valence-corrected chi connectivity index (χ2v) is 3.08. The molecule has 0 saturated carbocycles. The Bertz CT molecular complexity index is 403. The van der Waals surface area contributed by atoms with Crippen molar-refractivity contribution in [3.63, 3.8) is 0 Å². The van der Waals surface area contributed by atoms with Gasteiger partial charge in [-0.1, -0.05) is 15.9 Å². The van der Waals surface area contributed by atoms with Crippen LogP contribution in [0.1, 0.15) is 28.0 Å². The molecule has 0 atom stereocenters. The second kappa shape index (κ2) is 4.45. The number of aromatic amines is 1. The van der Waals surface area contributed by atoms with Crippen molar-refractivity contribution in [2.45, 2.75) is 11.8 Å². The highest BCUT2D eigenvalue weighted by Crippen LogP contribution is 2.15. The third-order valence-corrected chi connectivity index (χ3v) is 2.29. The maximum atomic E-state index is 12.3. The number of pyridine rings is 1. The topological polar surface area (TPSA) is 49.9 Å². The van der Waals surface area contributed by atoms with Crippen LogP contribution in [-0.2, 0) is 5.33 Å². The first-order chi connectivity index (χ1) is 6.61. The van der Waals surface area contributed by atoms with E-state index >= 15 is 0 Å². The van der Waals surface area contributed by atoms with E-state index in [-0.39, 0.29) is 16.6 Å². The molecule has 0 radical (unpaired) electrons. The molecule has 0 amide bonds. The molecule has 0 spiro atoms. The van der Waals surface area contributed by atoms with Crippen molar-refractivity contribution in [3.8, 4) is 0 Å². The van der Waals surface area contributed by atoms with Gasteiger partial charge in [-0.25, -0.2) is 8.78 Å². The summed E-state index contributed by atoms with van der Waals surface area (Å²) in [5.41, 5.74) is -1.36. The average Bonchev–Trinajstić information content (AvgIpc) is 2.16. The van der Waals surface area contributed by atoms with Crippen LogP contribution >= 0.6 is 15.9 Å². The molecular formula is C8H6BrF2NO2. The molecule has 1 aromatic heterocycles. The molecule has 1 heterocycles. The van der Waals surface area contributed by atoms with Crippen LogP contribution in [0.4, 0.5) is 8.78 Å². The predicted octanol–water partition coefficient (Wildman–Crippen LogP) is 2.02.